The Hall–Kier alpha value is -3.22. The van der Waals surface area contributed by atoms with Crippen molar-refractivity contribution in [3.8, 4) is 5.88 Å². The molecule has 0 saturated carbocycles. The number of hydrogen-bond acceptors (Lipinski definition) is 5. The van der Waals surface area contributed by atoms with Gasteiger partial charge in [-0.15, -0.1) is 0 Å². The van der Waals surface area contributed by atoms with Crippen molar-refractivity contribution >= 4 is 5.91 Å². The van der Waals surface area contributed by atoms with Crippen LogP contribution < -0.4 is 4.74 Å². The molecule has 0 fully saturated rings. The number of aromatic nitrogens is 2. The third-order valence-corrected chi connectivity index (χ3v) is 3.80. The van der Waals surface area contributed by atoms with Crippen LogP contribution in [-0.2, 0) is 0 Å². The van der Waals surface area contributed by atoms with Crippen molar-refractivity contribution in [3.63, 3.8) is 0 Å². The lowest BCUT2D eigenvalue weighted by atomic mass is 9.98. The molecule has 3 aromatic rings. The maximum Gasteiger partial charge on any atom is 0.293 e. The number of carbonyl (C=O) groups is 1. The highest BCUT2D eigenvalue weighted by Gasteiger charge is 2.27. The highest BCUT2D eigenvalue weighted by atomic mass is 19.1. The van der Waals surface area contributed by atoms with Crippen LogP contribution in [0.1, 0.15) is 27.7 Å². The van der Waals surface area contributed by atoms with Crippen LogP contribution >= 0.6 is 0 Å². The van der Waals surface area contributed by atoms with E-state index in [1.165, 1.54) is 30.2 Å². The smallest absolute Gasteiger partial charge is 0.293 e. The summed E-state index contributed by atoms with van der Waals surface area (Å²) in [6, 6.07) is 10.6. The van der Waals surface area contributed by atoms with E-state index in [4.69, 9.17) is 9.26 Å². The Morgan fingerprint density at radius 3 is 2.60 bits per heavy atom. The third kappa shape index (κ3) is 3.50. The molecular weight excluding hydrogens is 325 g/mol. The lowest BCUT2D eigenvalue weighted by Gasteiger charge is -2.28. The molecule has 0 N–H and O–H groups in total. The zero-order valence-electron chi connectivity index (χ0n) is 13.7. The van der Waals surface area contributed by atoms with Crippen molar-refractivity contribution in [2.45, 2.75) is 6.04 Å². The van der Waals surface area contributed by atoms with Gasteiger partial charge < -0.3 is 14.2 Å². The molecule has 0 bridgehead atoms. The first kappa shape index (κ1) is 16.6. The van der Waals surface area contributed by atoms with Crippen molar-refractivity contribution in [1.82, 2.24) is 15.0 Å². The Morgan fingerprint density at radius 1 is 1.24 bits per heavy atom. The molecule has 1 atom stereocenters. The van der Waals surface area contributed by atoms with Gasteiger partial charge in [0.05, 0.1) is 19.2 Å². The second-order valence-electron chi connectivity index (χ2n) is 5.39. The molecule has 1 aromatic carbocycles. The molecule has 1 unspecified atom stereocenters. The predicted molar refractivity (Wildman–Crippen MR) is 87.6 cm³/mol. The van der Waals surface area contributed by atoms with Gasteiger partial charge in [-0.1, -0.05) is 18.2 Å². The van der Waals surface area contributed by atoms with E-state index in [0.29, 0.717) is 0 Å². The molecule has 0 aliphatic rings. The van der Waals surface area contributed by atoms with Crippen LogP contribution in [-0.4, -0.2) is 35.1 Å². The number of halogens is 1. The molecule has 128 valence electrons. The maximum atomic E-state index is 13.3. The average Bonchev–Trinajstić information content (AvgIpc) is 3.13. The fourth-order valence-corrected chi connectivity index (χ4v) is 2.57. The van der Waals surface area contributed by atoms with Crippen molar-refractivity contribution in [2.24, 2.45) is 0 Å². The largest absolute Gasteiger partial charge is 0.479 e. The van der Waals surface area contributed by atoms with E-state index in [9.17, 15) is 9.18 Å². The number of amides is 1. The van der Waals surface area contributed by atoms with Gasteiger partial charge in [0.2, 0.25) is 5.76 Å². The van der Waals surface area contributed by atoms with Crippen LogP contribution in [0.3, 0.4) is 0 Å². The fraction of sp³-hybridized carbons (Fsp3) is 0.167. The maximum absolute atomic E-state index is 13.3. The molecule has 0 radical (unpaired) electrons. The van der Waals surface area contributed by atoms with Crippen molar-refractivity contribution in [1.29, 1.82) is 0 Å². The van der Waals surface area contributed by atoms with Crippen LogP contribution in [0, 0.1) is 5.82 Å². The molecule has 2 heterocycles. The summed E-state index contributed by atoms with van der Waals surface area (Å²) >= 11 is 0. The predicted octanol–water partition coefficient (Wildman–Crippen LogP) is 3.08. The summed E-state index contributed by atoms with van der Waals surface area (Å²) in [5, 5.41) is 3.65. The van der Waals surface area contributed by atoms with Crippen LogP contribution in [0.2, 0.25) is 0 Å². The van der Waals surface area contributed by atoms with E-state index in [-0.39, 0.29) is 23.4 Å². The van der Waals surface area contributed by atoms with Gasteiger partial charge in [-0.25, -0.2) is 4.39 Å². The molecule has 0 aliphatic heterocycles. The van der Waals surface area contributed by atoms with Crippen molar-refractivity contribution in [3.05, 3.63) is 77.6 Å². The fourth-order valence-electron chi connectivity index (χ4n) is 2.57. The zero-order chi connectivity index (χ0) is 17.8. The van der Waals surface area contributed by atoms with Gasteiger partial charge in [0, 0.05) is 19.4 Å². The third-order valence-electron chi connectivity index (χ3n) is 3.80. The first-order valence-corrected chi connectivity index (χ1v) is 7.53. The Labute approximate surface area is 143 Å². The molecule has 7 heteroatoms. The molecule has 2 aromatic heterocycles. The lowest BCUT2D eigenvalue weighted by molar-refractivity contribution is 0.0712. The van der Waals surface area contributed by atoms with E-state index < -0.39 is 6.04 Å². The summed E-state index contributed by atoms with van der Waals surface area (Å²) in [5.41, 5.74) is 1.54. The molecule has 0 saturated heterocycles. The van der Waals surface area contributed by atoms with E-state index in [0.717, 1.165) is 11.1 Å². The summed E-state index contributed by atoms with van der Waals surface area (Å²) in [4.78, 5) is 18.4. The number of carbonyl (C=O) groups excluding carboxylic acids is 1. The first-order chi connectivity index (χ1) is 12.1. The molecular formula is C18H16FN3O3. The summed E-state index contributed by atoms with van der Waals surface area (Å²) < 4.78 is 23.3. The monoisotopic (exact) mass is 341 g/mol. The molecule has 1 amide bonds. The highest BCUT2D eigenvalue weighted by molar-refractivity contribution is 5.92. The minimum atomic E-state index is -0.460. The summed E-state index contributed by atoms with van der Waals surface area (Å²) in [6.07, 6.45) is 3.31. The van der Waals surface area contributed by atoms with Crippen LogP contribution in [0.25, 0.3) is 0 Å². The van der Waals surface area contributed by atoms with E-state index >= 15 is 0 Å². The topological polar surface area (TPSA) is 68.5 Å². The van der Waals surface area contributed by atoms with Gasteiger partial charge in [-0.05, 0) is 34.5 Å². The SMILES string of the molecule is COc1cc(C(=O)N(C)C(c2ccc(F)cc2)c2cccnc2)on1. The van der Waals surface area contributed by atoms with Crippen LogP contribution in [0.5, 0.6) is 5.88 Å². The minimum Gasteiger partial charge on any atom is -0.479 e. The number of nitrogens with zero attached hydrogens (tertiary/aromatic N) is 3. The highest BCUT2D eigenvalue weighted by Crippen LogP contribution is 2.29. The van der Waals surface area contributed by atoms with E-state index in [1.807, 2.05) is 6.07 Å². The normalized spacial score (nSPS) is 11.8. The second-order valence-corrected chi connectivity index (χ2v) is 5.39. The number of ether oxygens (including phenoxy) is 1. The average molecular weight is 341 g/mol. The molecule has 0 aliphatic carbocycles. The molecule has 25 heavy (non-hydrogen) atoms. The van der Waals surface area contributed by atoms with Crippen molar-refractivity contribution < 1.29 is 18.4 Å². The standard InChI is InChI=1S/C18H16FN3O3/c1-22(18(23)15-10-16(24-2)21-25-15)17(13-4-3-9-20-11-13)12-5-7-14(19)8-6-12/h3-11,17H,1-2H3. The lowest BCUT2D eigenvalue weighted by Crippen LogP contribution is -2.31. The Morgan fingerprint density at radius 2 is 2.00 bits per heavy atom. The van der Waals surface area contributed by atoms with Gasteiger partial charge in [0.15, 0.2) is 0 Å². The molecule has 6 nitrogen and oxygen atoms in total. The summed E-state index contributed by atoms with van der Waals surface area (Å²) in [5.74, 6) is -0.455. The number of benzene rings is 1. The van der Waals surface area contributed by atoms with Gasteiger partial charge in [-0.3, -0.25) is 9.78 Å². The Kier molecular flexibility index (Phi) is 4.74. The summed E-state index contributed by atoms with van der Waals surface area (Å²) in [6.45, 7) is 0. The van der Waals surface area contributed by atoms with Crippen LogP contribution in [0.4, 0.5) is 4.39 Å². The van der Waals surface area contributed by atoms with Gasteiger partial charge >= 0.3 is 0 Å². The van der Waals surface area contributed by atoms with Crippen LogP contribution in [0.15, 0.2) is 59.4 Å². The second kappa shape index (κ2) is 7.12. The number of hydrogen-bond donors (Lipinski definition) is 0. The van der Waals surface area contributed by atoms with Gasteiger partial charge in [-0.2, -0.15) is 0 Å². The number of pyridine rings is 1. The van der Waals surface area contributed by atoms with Gasteiger partial charge in [0.25, 0.3) is 11.8 Å². The summed E-state index contributed by atoms with van der Waals surface area (Å²) in [7, 11) is 3.07. The zero-order valence-corrected chi connectivity index (χ0v) is 13.7. The molecule has 0 spiro atoms. The number of rotatable bonds is 5. The van der Waals surface area contributed by atoms with Gasteiger partial charge in [0.1, 0.15) is 5.82 Å². The van der Waals surface area contributed by atoms with E-state index in [1.54, 1.807) is 37.6 Å². The van der Waals surface area contributed by atoms with Crippen molar-refractivity contribution in [2.75, 3.05) is 14.2 Å². The first-order valence-electron chi connectivity index (χ1n) is 7.53. The quantitative estimate of drug-likeness (QED) is 0.713. The molecule has 3 rings (SSSR count). The number of methoxy groups -OCH3 is 1. The van der Waals surface area contributed by atoms with E-state index in [2.05, 4.69) is 10.1 Å². The Bertz CT molecular complexity index is 850. The Balaban J connectivity index is 1.98. The minimum absolute atomic E-state index is 0.0513.